The van der Waals surface area contributed by atoms with Gasteiger partial charge in [-0.2, -0.15) is 0 Å². The number of rotatable bonds is 3. The number of nitrogens with two attached hydrogens (primary N) is 1. The molecule has 0 aliphatic heterocycles. The van der Waals surface area contributed by atoms with Gasteiger partial charge < -0.3 is 11.1 Å². The summed E-state index contributed by atoms with van der Waals surface area (Å²) in [6.07, 6.45) is 1.80. The molecule has 0 fully saturated rings. The highest BCUT2D eigenvalue weighted by molar-refractivity contribution is 6.30. The molecular weight excluding hydrogens is 262 g/mol. The molecule has 0 radical (unpaired) electrons. The van der Waals surface area contributed by atoms with Crippen molar-refractivity contribution >= 4 is 29.0 Å². The van der Waals surface area contributed by atoms with E-state index in [9.17, 15) is 4.79 Å². The molecular formula is C14H14ClN3O. The molecule has 0 atom stereocenters. The van der Waals surface area contributed by atoms with Crippen LogP contribution < -0.4 is 11.1 Å². The summed E-state index contributed by atoms with van der Waals surface area (Å²) in [7, 11) is 0. The minimum absolute atomic E-state index is 0.123. The highest BCUT2D eigenvalue weighted by Gasteiger charge is 2.07. The van der Waals surface area contributed by atoms with Crippen LogP contribution in [0.2, 0.25) is 5.02 Å². The number of pyridine rings is 1. The van der Waals surface area contributed by atoms with Crippen molar-refractivity contribution in [1.29, 1.82) is 0 Å². The van der Waals surface area contributed by atoms with Gasteiger partial charge in [0.05, 0.1) is 18.3 Å². The summed E-state index contributed by atoms with van der Waals surface area (Å²) in [4.78, 5) is 16.0. The van der Waals surface area contributed by atoms with Crippen LogP contribution in [0.4, 0.5) is 11.5 Å². The minimum Gasteiger partial charge on any atom is -0.397 e. The quantitative estimate of drug-likeness (QED) is 0.905. The fourth-order valence-electron chi connectivity index (χ4n) is 1.69. The number of carbonyl (C=O) groups is 1. The van der Waals surface area contributed by atoms with Gasteiger partial charge in [-0.05, 0) is 36.2 Å². The molecule has 1 heterocycles. The van der Waals surface area contributed by atoms with Crippen LogP contribution in [0.25, 0.3) is 0 Å². The molecule has 2 aromatic rings. The number of aryl methyl sites for hydroxylation is 1. The standard InChI is InChI=1S/C14H14ClN3O/c1-9-6-12(16)8-17-14(9)18-13(19)7-10-2-4-11(15)5-3-10/h2-6,8H,7,16H2,1H3,(H,17,18,19). The molecule has 19 heavy (non-hydrogen) atoms. The molecule has 1 aromatic heterocycles. The molecule has 1 amide bonds. The van der Waals surface area contributed by atoms with Crippen LogP contribution >= 0.6 is 11.6 Å². The average Bonchev–Trinajstić information content (AvgIpc) is 2.36. The maximum absolute atomic E-state index is 11.9. The van der Waals surface area contributed by atoms with E-state index in [0.29, 0.717) is 16.5 Å². The van der Waals surface area contributed by atoms with Crippen molar-refractivity contribution in [3.05, 3.63) is 52.7 Å². The first kappa shape index (κ1) is 13.4. The van der Waals surface area contributed by atoms with Crippen molar-refractivity contribution in [3.63, 3.8) is 0 Å². The minimum atomic E-state index is -0.123. The van der Waals surface area contributed by atoms with Gasteiger partial charge in [0.15, 0.2) is 0 Å². The number of hydrogen-bond acceptors (Lipinski definition) is 3. The zero-order valence-corrected chi connectivity index (χ0v) is 11.2. The SMILES string of the molecule is Cc1cc(N)cnc1NC(=O)Cc1ccc(Cl)cc1. The molecule has 0 aliphatic carbocycles. The summed E-state index contributed by atoms with van der Waals surface area (Å²) in [6.45, 7) is 1.85. The third-order valence-corrected chi connectivity index (χ3v) is 2.89. The Balaban J connectivity index is 2.03. The van der Waals surface area contributed by atoms with Gasteiger partial charge >= 0.3 is 0 Å². The Labute approximate surface area is 116 Å². The third kappa shape index (κ3) is 3.69. The lowest BCUT2D eigenvalue weighted by Crippen LogP contribution is -2.16. The molecule has 0 saturated heterocycles. The normalized spacial score (nSPS) is 10.2. The van der Waals surface area contributed by atoms with E-state index in [-0.39, 0.29) is 12.3 Å². The summed E-state index contributed by atoms with van der Waals surface area (Å²) in [5.41, 5.74) is 7.92. The number of halogens is 1. The number of aromatic nitrogens is 1. The number of amides is 1. The molecule has 0 saturated carbocycles. The Morgan fingerprint density at radius 3 is 2.68 bits per heavy atom. The summed E-state index contributed by atoms with van der Waals surface area (Å²) in [5, 5.41) is 3.41. The second-order valence-electron chi connectivity index (χ2n) is 4.29. The molecule has 3 N–H and O–H groups in total. The summed E-state index contributed by atoms with van der Waals surface area (Å²) >= 11 is 5.79. The molecule has 1 aromatic carbocycles. The van der Waals surface area contributed by atoms with Crippen LogP contribution in [0, 0.1) is 6.92 Å². The van der Waals surface area contributed by atoms with Crippen molar-refractivity contribution in [2.75, 3.05) is 11.1 Å². The first-order valence-electron chi connectivity index (χ1n) is 5.81. The Hall–Kier alpha value is -2.07. The van der Waals surface area contributed by atoms with Crippen LogP contribution in [0.15, 0.2) is 36.5 Å². The van der Waals surface area contributed by atoms with Gasteiger partial charge in [-0.1, -0.05) is 23.7 Å². The maximum Gasteiger partial charge on any atom is 0.229 e. The molecule has 0 spiro atoms. The maximum atomic E-state index is 11.9. The van der Waals surface area contributed by atoms with Gasteiger partial charge in [0.2, 0.25) is 5.91 Å². The van der Waals surface area contributed by atoms with E-state index in [4.69, 9.17) is 17.3 Å². The number of nitrogens with one attached hydrogen (secondary N) is 1. The van der Waals surface area contributed by atoms with Crippen LogP contribution in [0.1, 0.15) is 11.1 Å². The van der Waals surface area contributed by atoms with Crippen molar-refractivity contribution in [2.24, 2.45) is 0 Å². The summed E-state index contributed by atoms with van der Waals surface area (Å²) in [5.74, 6) is 0.413. The first-order chi connectivity index (χ1) is 9.04. The fourth-order valence-corrected chi connectivity index (χ4v) is 1.82. The van der Waals surface area contributed by atoms with E-state index < -0.39 is 0 Å². The van der Waals surface area contributed by atoms with E-state index in [1.54, 1.807) is 18.2 Å². The van der Waals surface area contributed by atoms with Gasteiger partial charge in [-0.25, -0.2) is 4.98 Å². The zero-order chi connectivity index (χ0) is 13.8. The van der Waals surface area contributed by atoms with Gasteiger partial charge in [-0.15, -0.1) is 0 Å². The zero-order valence-electron chi connectivity index (χ0n) is 10.5. The second kappa shape index (κ2) is 5.71. The Kier molecular flexibility index (Phi) is 4.02. The third-order valence-electron chi connectivity index (χ3n) is 2.64. The lowest BCUT2D eigenvalue weighted by molar-refractivity contribution is -0.115. The number of anilines is 2. The number of nitrogen functional groups attached to an aromatic ring is 1. The van der Waals surface area contributed by atoms with E-state index >= 15 is 0 Å². The van der Waals surface area contributed by atoms with Crippen LogP contribution in [0.5, 0.6) is 0 Å². The van der Waals surface area contributed by atoms with Gasteiger partial charge in [-0.3, -0.25) is 4.79 Å². The number of benzene rings is 1. The lowest BCUT2D eigenvalue weighted by Gasteiger charge is -2.08. The van der Waals surface area contributed by atoms with Crippen molar-refractivity contribution in [2.45, 2.75) is 13.3 Å². The molecule has 4 nitrogen and oxygen atoms in total. The number of hydrogen-bond donors (Lipinski definition) is 2. The average molecular weight is 276 g/mol. The van der Waals surface area contributed by atoms with Crippen LogP contribution in [-0.2, 0) is 11.2 Å². The molecule has 5 heteroatoms. The van der Waals surface area contributed by atoms with Crippen molar-refractivity contribution in [3.8, 4) is 0 Å². The second-order valence-corrected chi connectivity index (χ2v) is 4.72. The van der Waals surface area contributed by atoms with Crippen molar-refractivity contribution < 1.29 is 4.79 Å². The number of carbonyl (C=O) groups excluding carboxylic acids is 1. The van der Waals surface area contributed by atoms with Crippen molar-refractivity contribution in [1.82, 2.24) is 4.98 Å². The first-order valence-corrected chi connectivity index (χ1v) is 6.19. The van der Waals surface area contributed by atoms with E-state index in [1.165, 1.54) is 6.20 Å². The van der Waals surface area contributed by atoms with E-state index in [0.717, 1.165) is 11.1 Å². The van der Waals surface area contributed by atoms with E-state index in [2.05, 4.69) is 10.3 Å². The van der Waals surface area contributed by atoms with Crippen LogP contribution in [0.3, 0.4) is 0 Å². The highest BCUT2D eigenvalue weighted by Crippen LogP contribution is 2.15. The highest BCUT2D eigenvalue weighted by atomic mass is 35.5. The molecule has 98 valence electrons. The molecule has 2 rings (SSSR count). The molecule has 0 bridgehead atoms. The van der Waals surface area contributed by atoms with Crippen LogP contribution in [-0.4, -0.2) is 10.9 Å². The van der Waals surface area contributed by atoms with E-state index in [1.807, 2.05) is 19.1 Å². The fraction of sp³-hybridized carbons (Fsp3) is 0.143. The Morgan fingerprint density at radius 2 is 2.05 bits per heavy atom. The predicted octanol–water partition coefficient (Wildman–Crippen LogP) is 2.81. The predicted molar refractivity (Wildman–Crippen MR) is 77.2 cm³/mol. The van der Waals surface area contributed by atoms with Gasteiger partial charge in [0, 0.05) is 5.02 Å². The molecule has 0 unspecified atom stereocenters. The summed E-state index contributed by atoms with van der Waals surface area (Å²) < 4.78 is 0. The van der Waals surface area contributed by atoms with Gasteiger partial charge in [0.25, 0.3) is 0 Å². The largest absolute Gasteiger partial charge is 0.397 e. The number of nitrogens with zero attached hydrogens (tertiary/aromatic N) is 1. The smallest absolute Gasteiger partial charge is 0.229 e. The lowest BCUT2D eigenvalue weighted by atomic mass is 10.1. The molecule has 0 aliphatic rings. The topological polar surface area (TPSA) is 68.0 Å². The monoisotopic (exact) mass is 275 g/mol. The Bertz CT molecular complexity index is 596. The van der Waals surface area contributed by atoms with Gasteiger partial charge in [0.1, 0.15) is 5.82 Å². The Morgan fingerprint density at radius 1 is 1.37 bits per heavy atom. The summed E-state index contributed by atoms with van der Waals surface area (Å²) in [6, 6.07) is 8.94.